The van der Waals surface area contributed by atoms with E-state index < -0.39 is 0 Å². The fourth-order valence-corrected chi connectivity index (χ4v) is 3.39. The van der Waals surface area contributed by atoms with Crippen LogP contribution >= 0.6 is 35.3 Å². The Bertz CT molecular complexity index is 838. The summed E-state index contributed by atoms with van der Waals surface area (Å²) >= 11 is 1.76. The van der Waals surface area contributed by atoms with Crippen LogP contribution in [0.5, 0.6) is 0 Å². The number of aliphatic imine (C=N–C) groups is 1. The highest BCUT2D eigenvalue weighted by atomic mass is 127. The molecule has 0 unspecified atom stereocenters. The Hall–Kier alpha value is -1.90. The van der Waals surface area contributed by atoms with Crippen LogP contribution in [0.3, 0.4) is 0 Å². The lowest BCUT2D eigenvalue weighted by molar-refractivity contribution is 0.107. The summed E-state index contributed by atoms with van der Waals surface area (Å²) in [7, 11) is 0. The van der Waals surface area contributed by atoms with E-state index in [2.05, 4.69) is 58.2 Å². The van der Waals surface area contributed by atoms with E-state index in [1.165, 1.54) is 10.4 Å². The topological polar surface area (TPSA) is 59.6 Å². The number of guanidine groups is 1. The standard InChI is InChI=1S/C22H25N3OS.HI/c23-22(24-12-11-21-10-5-13-27-21)25-15-19-8-4-9-20(14-19)17-26-16-18-6-2-1-3-7-18;/h1-10,13-14H,11-12,15-17H2,(H3,23,24,25);1H. The highest BCUT2D eigenvalue weighted by Gasteiger charge is 1.99. The second-order valence-electron chi connectivity index (χ2n) is 6.26. The van der Waals surface area contributed by atoms with Crippen molar-refractivity contribution in [3.63, 3.8) is 0 Å². The van der Waals surface area contributed by atoms with Crippen LogP contribution in [-0.4, -0.2) is 12.5 Å². The zero-order chi connectivity index (χ0) is 18.7. The summed E-state index contributed by atoms with van der Waals surface area (Å²) in [6.07, 6.45) is 0.960. The molecule has 0 aliphatic rings. The van der Waals surface area contributed by atoms with Gasteiger partial charge < -0.3 is 15.8 Å². The Kier molecular flexibility index (Phi) is 10.0. The van der Waals surface area contributed by atoms with Gasteiger partial charge in [0.15, 0.2) is 5.96 Å². The first-order valence-corrected chi connectivity index (χ1v) is 9.93. The maximum absolute atomic E-state index is 5.96. The second kappa shape index (κ2) is 12.5. The first kappa shape index (κ1) is 22.4. The van der Waals surface area contributed by atoms with E-state index in [1.54, 1.807) is 11.3 Å². The molecule has 0 saturated carbocycles. The monoisotopic (exact) mass is 507 g/mol. The molecule has 2 aromatic carbocycles. The van der Waals surface area contributed by atoms with Crippen molar-refractivity contribution in [2.45, 2.75) is 26.2 Å². The minimum atomic E-state index is 0. The number of halogens is 1. The minimum Gasteiger partial charge on any atom is -0.372 e. The van der Waals surface area contributed by atoms with Crippen LogP contribution < -0.4 is 11.1 Å². The van der Waals surface area contributed by atoms with Crippen molar-refractivity contribution >= 4 is 41.3 Å². The molecule has 28 heavy (non-hydrogen) atoms. The highest BCUT2D eigenvalue weighted by molar-refractivity contribution is 14.0. The molecule has 0 fully saturated rings. The second-order valence-corrected chi connectivity index (χ2v) is 7.29. The van der Waals surface area contributed by atoms with E-state index in [4.69, 9.17) is 10.5 Å². The molecule has 0 radical (unpaired) electrons. The van der Waals surface area contributed by atoms with Crippen molar-refractivity contribution in [1.29, 1.82) is 0 Å². The van der Waals surface area contributed by atoms with Gasteiger partial charge in [0, 0.05) is 11.4 Å². The van der Waals surface area contributed by atoms with E-state index in [0.29, 0.717) is 25.7 Å². The van der Waals surface area contributed by atoms with Crippen molar-refractivity contribution in [2.24, 2.45) is 10.7 Å². The molecule has 148 valence electrons. The maximum atomic E-state index is 5.96. The fraction of sp³-hybridized carbons (Fsp3) is 0.227. The molecule has 1 aromatic heterocycles. The largest absolute Gasteiger partial charge is 0.372 e. The summed E-state index contributed by atoms with van der Waals surface area (Å²) < 4.78 is 5.80. The number of thiophene rings is 1. The molecule has 0 amide bonds. The van der Waals surface area contributed by atoms with Crippen molar-refractivity contribution in [2.75, 3.05) is 6.54 Å². The zero-order valence-corrected chi connectivity index (χ0v) is 18.9. The normalized spacial score (nSPS) is 11.1. The Morgan fingerprint density at radius 3 is 2.46 bits per heavy atom. The molecule has 4 nitrogen and oxygen atoms in total. The molecule has 0 spiro atoms. The molecule has 0 aliphatic heterocycles. The van der Waals surface area contributed by atoms with E-state index in [1.807, 2.05) is 24.3 Å². The van der Waals surface area contributed by atoms with Crippen molar-refractivity contribution in [3.05, 3.63) is 93.7 Å². The number of benzene rings is 2. The smallest absolute Gasteiger partial charge is 0.188 e. The SMILES string of the molecule is I.NC(=NCc1cccc(COCc2ccccc2)c1)NCCc1cccs1. The van der Waals surface area contributed by atoms with Crippen LogP contribution in [0.25, 0.3) is 0 Å². The van der Waals surface area contributed by atoms with E-state index in [0.717, 1.165) is 24.1 Å². The average molecular weight is 507 g/mol. The molecule has 0 bridgehead atoms. The van der Waals surface area contributed by atoms with Gasteiger partial charge in [-0.05, 0) is 34.6 Å². The van der Waals surface area contributed by atoms with Crippen LogP contribution in [0, 0.1) is 0 Å². The quantitative estimate of drug-likeness (QED) is 0.250. The van der Waals surface area contributed by atoms with E-state index in [9.17, 15) is 0 Å². The number of hydrogen-bond acceptors (Lipinski definition) is 3. The number of nitrogens with zero attached hydrogens (tertiary/aromatic N) is 1. The number of nitrogens with two attached hydrogens (primary N) is 1. The molecule has 3 rings (SSSR count). The molecule has 0 saturated heterocycles. The highest BCUT2D eigenvalue weighted by Crippen LogP contribution is 2.10. The molecule has 3 aromatic rings. The first-order valence-electron chi connectivity index (χ1n) is 9.05. The van der Waals surface area contributed by atoms with Crippen LogP contribution in [-0.2, 0) is 30.9 Å². The molecule has 0 aliphatic carbocycles. The van der Waals surface area contributed by atoms with Crippen LogP contribution in [0.2, 0.25) is 0 Å². The number of ether oxygens (including phenoxy) is 1. The third-order valence-electron chi connectivity index (χ3n) is 4.06. The Morgan fingerprint density at radius 2 is 1.68 bits per heavy atom. The summed E-state index contributed by atoms with van der Waals surface area (Å²) in [5, 5.41) is 5.25. The molecular formula is C22H26IN3OS. The summed E-state index contributed by atoms with van der Waals surface area (Å²) in [4.78, 5) is 5.77. The molecule has 3 N–H and O–H groups in total. The van der Waals surface area contributed by atoms with Gasteiger partial charge in [0.25, 0.3) is 0 Å². The van der Waals surface area contributed by atoms with E-state index >= 15 is 0 Å². The minimum absolute atomic E-state index is 0. The summed E-state index contributed by atoms with van der Waals surface area (Å²) in [6, 6.07) is 22.7. The van der Waals surface area contributed by atoms with Crippen molar-refractivity contribution in [3.8, 4) is 0 Å². The lowest BCUT2D eigenvalue weighted by Gasteiger charge is -2.07. The third-order valence-corrected chi connectivity index (χ3v) is 5.00. The predicted molar refractivity (Wildman–Crippen MR) is 128 cm³/mol. The van der Waals surface area contributed by atoms with Gasteiger partial charge in [-0.25, -0.2) is 4.99 Å². The summed E-state index contributed by atoms with van der Waals surface area (Å²) in [5.41, 5.74) is 9.41. The number of hydrogen-bond donors (Lipinski definition) is 2. The van der Waals surface area contributed by atoms with Crippen LogP contribution in [0.4, 0.5) is 0 Å². The van der Waals surface area contributed by atoms with Gasteiger partial charge in [0.2, 0.25) is 0 Å². The van der Waals surface area contributed by atoms with Gasteiger partial charge in [-0.1, -0.05) is 60.7 Å². The van der Waals surface area contributed by atoms with Gasteiger partial charge in [0.1, 0.15) is 0 Å². The van der Waals surface area contributed by atoms with E-state index in [-0.39, 0.29) is 24.0 Å². The summed E-state index contributed by atoms with van der Waals surface area (Å²) in [5.74, 6) is 0.484. The summed E-state index contributed by atoms with van der Waals surface area (Å²) in [6.45, 7) is 2.55. The molecule has 6 heteroatoms. The number of rotatable bonds is 9. The Labute approximate surface area is 187 Å². The average Bonchev–Trinajstić information content (AvgIpc) is 3.21. The Morgan fingerprint density at radius 1 is 0.929 bits per heavy atom. The van der Waals surface area contributed by atoms with Crippen molar-refractivity contribution < 1.29 is 4.74 Å². The zero-order valence-electron chi connectivity index (χ0n) is 15.7. The molecular weight excluding hydrogens is 481 g/mol. The predicted octanol–water partition coefficient (Wildman–Crippen LogP) is 4.73. The molecule has 1 heterocycles. The fourth-order valence-electron chi connectivity index (χ4n) is 2.68. The van der Waals surface area contributed by atoms with Gasteiger partial charge in [-0.3, -0.25) is 0 Å². The lowest BCUT2D eigenvalue weighted by Crippen LogP contribution is -2.33. The third kappa shape index (κ3) is 8.00. The maximum Gasteiger partial charge on any atom is 0.188 e. The van der Waals surface area contributed by atoms with Gasteiger partial charge in [-0.2, -0.15) is 0 Å². The van der Waals surface area contributed by atoms with Crippen LogP contribution in [0.15, 0.2) is 77.1 Å². The molecule has 0 atom stereocenters. The van der Waals surface area contributed by atoms with Gasteiger partial charge in [0.05, 0.1) is 19.8 Å². The number of nitrogens with one attached hydrogen (secondary N) is 1. The van der Waals surface area contributed by atoms with Crippen LogP contribution in [0.1, 0.15) is 21.6 Å². The van der Waals surface area contributed by atoms with Gasteiger partial charge in [-0.15, -0.1) is 35.3 Å². The van der Waals surface area contributed by atoms with Gasteiger partial charge >= 0.3 is 0 Å². The van der Waals surface area contributed by atoms with Crippen molar-refractivity contribution in [1.82, 2.24) is 5.32 Å². The lowest BCUT2D eigenvalue weighted by atomic mass is 10.1. The first-order chi connectivity index (χ1) is 13.3. The Balaban J connectivity index is 0.00000280.